The average Bonchev–Trinajstić information content (AvgIpc) is 2.87. The van der Waals surface area contributed by atoms with Gasteiger partial charge in [-0.25, -0.2) is 12.7 Å². The predicted octanol–water partition coefficient (Wildman–Crippen LogP) is 2.57. The van der Waals surface area contributed by atoms with Crippen LogP contribution in [-0.4, -0.2) is 65.0 Å². The van der Waals surface area contributed by atoms with Crippen LogP contribution < -0.4 is 0 Å². The zero-order valence-electron chi connectivity index (χ0n) is 13.8. The Morgan fingerprint density at radius 3 is 2.26 bits per heavy atom. The third-order valence-electron chi connectivity index (χ3n) is 5.27. The quantitative estimate of drug-likeness (QED) is 0.558. The van der Waals surface area contributed by atoms with Crippen LogP contribution in [0.25, 0.3) is 0 Å². The van der Waals surface area contributed by atoms with Gasteiger partial charge in [-0.1, -0.05) is 30.3 Å². The SMILES string of the molecule is CC1=NC(Cl)SC1S(=O)(=O)N1CCC(N2CCC(C)CC2)CC1. The molecule has 5 nitrogen and oxygen atoms in total. The maximum absolute atomic E-state index is 12.8. The van der Waals surface area contributed by atoms with Gasteiger partial charge in [-0.3, -0.25) is 4.99 Å². The number of likely N-dealkylation sites (tertiary alicyclic amines) is 1. The molecule has 0 N–H and O–H groups in total. The third kappa shape index (κ3) is 3.89. The second-order valence-electron chi connectivity index (χ2n) is 6.92. The zero-order valence-corrected chi connectivity index (χ0v) is 16.2. The molecule has 2 fully saturated rings. The van der Waals surface area contributed by atoms with Gasteiger partial charge in [0.25, 0.3) is 0 Å². The summed E-state index contributed by atoms with van der Waals surface area (Å²) in [6.45, 7) is 7.65. The first-order valence-electron chi connectivity index (χ1n) is 8.45. The molecule has 0 amide bonds. The summed E-state index contributed by atoms with van der Waals surface area (Å²) in [6.07, 6.45) is 4.41. The molecule has 3 heterocycles. The number of aliphatic imine (C=N–C) groups is 1. The van der Waals surface area contributed by atoms with Crippen LogP contribution in [-0.2, 0) is 10.0 Å². The number of piperidine rings is 2. The van der Waals surface area contributed by atoms with Crippen LogP contribution in [0.15, 0.2) is 4.99 Å². The second-order valence-corrected chi connectivity index (χ2v) is 11.1. The van der Waals surface area contributed by atoms with E-state index in [1.165, 1.54) is 24.6 Å². The molecular weight excluding hydrogens is 354 g/mol. The second kappa shape index (κ2) is 7.20. The van der Waals surface area contributed by atoms with E-state index in [0.717, 1.165) is 31.8 Å². The standard InChI is InChI=1S/C15H26ClN3O2S2/c1-11-3-7-18(8-4-11)13-5-9-19(10-6-13)23(20,21)14-12(2)17-15(16)22-14/h11,13-15H,3-10H2,1-2H3. The normalized spacial score (nSPS) is 33.1. The van der Waals surface area contributed by atoms with E-state index in [1.807, 2.05) is 0 Å². The molecule has 3 aliphatic heterocycles. The molecule has 0 aromatic heterocycles. The lowest BCUT2D eigenvalue weighted by molar-refractivity contribution is 0.101. The van der Waals surface area contributed by atoms with Gasteiger partial charge in [-0.05, 0) is 51.6 Å². The summed E-state index contributed by atoms with van der Waals surface area (Å²) in [5.41, 5.74) is 0.627. The summed E-state index contributed by atoms with van der Waals surface area (Å²) < 4.78 is 26.7. The topological polar surface area (TPSA) is 53.0 Å². The molecule has 2 atom stereocenters. The Labute approximate surface area is 148 Å². The van der Waals surface area contributed by atoms with E-state index in [4.69, 9.17) is 11.6 Å². The molecule has 0 aromatic carbocycles. The van der Waals surface area contributed by atoms with Gasteiger partial charge in [0.15, 0.2) is 9.42 Å². The first kappa shape index (κ1) is 18.0. The molecule has 23 heavy (non-hydrogen) atoms. The van der Waals surface area contributed by atoms with E-state index in [0.29, 0.717) is 24.8 Å². The maximum Gasteiger partial charge on any atom is 0.231 e. The van der Waals surface area contributed by atoms with Gasteiger partial charge < -0.3 is 4.90 Å². The van der Waals surface area contributed by atoms with Crippen LogP contribution in [0.2, 0.25) is 0 Å². The van der Waals surface area contributed by atoms with Crippen LogP contribution >= 0.6 is 23.4 Å². The molecule has 0 radical (unpaired) electrons. The Morgan fingerprint density at radius 1 is 1.13 bits per heavy atom. The van der Waals surface area contributed by atoms with Crippen molar-refractivity contribution in [3.05, 3.63) is 0 Å². The highest BCUT2D eigenvalue weighted by Gasteiger charge is 2.41. The van der Waals surface area contributed by atoms with Crippen molar-refractivity contribution in [2.75, 3.05) is 26.2 Å². The lowest BCUT2D eigenvalue weighted by atomic mass is 9.95. The fourth-order valence-electron chi connectivity index (χ4n) is 3.73. The molecule has 0 aromatic rings. The minimum absolute atomic E-state index is 0.470. The molecule has 3 rings (SSSR count). The molecule has 2 unspecified atom stereocenters. The van der Waals surface area contributed by atoms with Crippen molar-refractivity contribution in [1.29, 1.82) is 0 Å². The number of sulfonamides is 1. The Kier molecular flexibility index (Phi) is 5.63. The number of hydrogen-bond acceptors (Lipinski definition) is 5. The summed E-state index contributed by atoms with van der Waals surface area (Å²) in [7, 11) is -3.34. The number of hydrogen-bond donors (Lipinski definition) is 0. The van der Waals surface area contributed by atoms with Gasteiger partial charge in [0, 0.05) is 24.8 Å². The predicted molar refractivity (Wildman–Crippen MR) is 97.6 cm³/mol. The Hall–Kier alpha value is 0.180. The van der Waals surface area contributed by atoms with Crippen LogP contribution in [0.5, 0.6) is 0 Å². The minimum atomic E-state index is -3.34. The van der Waals surface area contributed by atoms with Crippen LogP contribution in [0.4, 0.5) is 0 Å². The maximum atomic E-state index is 12.8. The summed E-state index contributed by atoms with van der Waals surface area (Å²) in [6, 6.07) is 0.542. The summed E-state index contributed by atoms with van der Waals surface area (Å²) >= 11 is 7.19. The van der Waals surface area contributed by atoms with E-state index in [-0.39, 0.29) is 0 Å². The smallest absolute Gasteiger partial charge is 0.231 e. The highest BCUT2D eigenvalue weighted by atomic mass is 35.5. The van der Waals surface area contributed by atoms with Crippen molar-refractivity contribution in [1.82, 2.24) is 9.21 Å². The molecule has 0 saturated carbocycles. The highest BCUT2D eigenvalue weighted by molar-refractivity contribution is 8.15. The monoisotopic (exact) mass is 379 g/mol. The van der Waals surface area contributed by atoms with Crippen LogP contribution in [0.1, 0.15) is 39.5 Å². The molecule has 0 aliphatic carbocycles. The van der Waals surface area contributed by atoms with Gasteiger partial charge in [0.05, 0.1) is 0 Å². The van der Waals surface area contributed by atoms with E-state index in [2.05, 4.69) is 16.8 Å². The summed E-state index contributed by atoms with van der Waals surface area (Å²) in [5.74, 6) is 0.830. The van der Waals surface area contributed by atoms with Gasteiger partial charge >= 0.3 is 0 Å². The molecule has 3 aliphatic rings. The lowest BCUT2D eigenvalue weighted by Gasteiger charge is -2.41. The fraction of sp³-hybridized carbons (Fsp3) is 0.933. The summed E-state index contributed by atoms with van der Waals surface area (Å²) in [5, 5.41) is 0. The largest absolute Gasteiger partial charge is 0.300 e. The molecule has 2 saturated heterocycles. The molecule has 0 bridgehead atoms. The molecule has 132 valence electrons. The van der Waals surface area contributed by atoms with Gasteiger partial charge in [-0.2, -0.15) is 0 Å². The van der Waals surface area contributed by atoms with Crippen LogP contribution in [0, 0.1) is 5.92 Å². The summed E-state index contributed by atoms with van der Waals surface area (Å²) in [4.78, 5) is 6.25. The van der Waals surface area contributed by atoms with Crippen molar-refractivity contribution >= 4 is 39.1 Å². The van der Waals surface area contributed by atoms with E-state index < -0.39 is 19.4 Å². The van der Waals surface area contributed by atoms with Gasteiger partial charge in [-0.15, -0.1) is 0 Å². The Bertz CT molecular complexity index is 553. The van der Waals surface area contributed by atoms with Gasteiger partial charge in [0.1, 0.15) is 0 Å². The molecule has 0 spiro atoms. The third-order valence-corrected chi connectivity index (χ3v) is 9.63. The Balaban J connectivity index is 1.57. The average molecular weight is 380 g/mol. The van der Waals surface area contributed by atoms with E-state index >= 15 is 0 Å². The van der Waals surface area contributed by atoms with E-state index in [1.54, 1.807) is 11.2 Å². The van der Waals surface area contributed by atoms with Gasteiger partial charge in [0.2, 0.25) is 10.0 Å². The lowest BCUT2D eigenvalue weighted by Crippen LogP contribution is -2.50. The first-order chi connectivity index (χ1) is 10.9. The number of halogens is 1. The minimum Gasteiger partial charge on any atom is -0.300 e. The van der Waals surface area contributed by atoms with Crippen molar-refractivity contribution in [2.45, 2.75) is 55.0 Å². The zero-order chi connectivity index (χ0) is 16.6. The number of alkyl halides is 1. The Morgan fingerprint density at radius 2 is 1.74 bits per heavy atom. The van der Waals surface area contributed by atoms with E-state index in [9.17, 15) is 8.42 Å². The van der Waals surface area contributed by atoms with Crippen molar-refractivity contribution < 1.29 is 8.42 Å². The highest BCUT2D eigenvalue weighted by Crippen LogP contribution is 2.36. The van der Waals surface area contributed by atoms with Crippen molar-refractivity contribution in [3.63, 3.8) is 0 Å². The number of nitrogens with zero attached hydrogens (tertiary/aromatic N) is 3. The number of rotatable bonds is 3. The molecule has 8 heteroatoms. The number of thioether (sulfide) groups is 1. The van der Waals surface area contributed by atoms with Crippen LogP contribution in [0.3, 0.4) is 0 Å². The molecular formula is C15H26ClN3O2S2. The van der Waals surface area contributed by atoms with Crippen molar-refractivity contribution in [2.24, 2.45) is 10.9 Å². The fourth-order valence-corrected chi connectivity index (χ4v) is 7.79. The first-order valence-corrected chi connectivity index (χ1v) is 11.3. The van der Waals surface area contributed by atoms with Crippen molar-refractivity contribution in [3.8, 4) is 0 Å².